The minimum Gasteiger partial charge on any atom is -0.489 e. The number of hydrogen-bond donors (Lipinski definition) is 2. The quantitative estimate of drug-likeness (QED) is 0.324. The van der Waals surface area contributed by atoms with Crippen molar-refractivity contribution in [2.24, 2.45) is 0 Å². The molecule has 3 rings (SSSR count). The van der Waals surface area contributed by atoms with Crippen LogP contribution in [0.4, 0.5) is 4.79 Å². The van der Waals surface area contributed by atoms with E-state index < -0.39 is 12.0 Å². The largest absolute Gasteiger partial charge is 0.489 e. The predicted molar refractivity (Wildman–Crippen MR) is 125 cm³/mol. The molecule has 0 aromatic heterocycles. The summed E-state index contributed by atoms with van der Waals surface area (Å²) in [6.07, 6.45) is 5.47. The molecule has 0 aliphatic carbocycles. The molecule has 0 bridgehead atoms. The maximum Gasteiger partial charge on any atom is 0.324 e. The second kappa shape index (κ2) is 12.6. The number of amides is 3. The number of urea groups is 1. The molecule has 0 saturated carbocycles. The first-order valence-electron chi connectivity index (χ1n) is 11.6. The van der Waals surface area contributed by atoms with Gasteiger partial charge in [0.25, 0.3) is 5.91 Å². The number of carbonyl (C=O) groups is 3. The van der Waals surface area contributed by atoms with Crippen molar-refractivity contribution in [2.75, 3.05) is 6.54 Å². The van der Waals surface area contributed by atoms with E-state index in [0.717, 1.165) is 49.0 Å². The molecule has 1 unspecified atom stereocenters. The normalized spacial score (nSPS) is 15.5. The third kappa shape index (κ3) is 7.93. The highest BCUT2D eigenvalue weighted by atomic mass is 16.5. The van der Waals surface area contributed by atoms with Gasteiger partial charge in [-0.1, -0.05) is 61.7 Å². The lowest BCUT2D eigenvalue weighted by Gasteiger charge is -2.21. The van der Waals surface area contributed by atoms with Crippen molar-refractivity contribution < 1.29 is 24.2 Å². The Hall–Kier alpha value is -3.35. The van der Waals surface area contributed by atoms with E-state index in [0.29, 0.717) is 26.0 Å². The summed E-state index contributed by atoms with van der Waals surface area (Å²) in [6, 6.07) is 17.2. The topological polar surface area (TPSA) is 95.9 Å². The second-order valence-corrected chi connectivity index (χ2v) is 8.37. The van der Waals surface area contributed by atoms with Gasteiger partial charge in [0.2, 0.25) is 0 Å². The Morgan fingerprint density at radius 3 is 2.36 bits per heavy atom. The number of rotatable bonds is 14. The van der Waals surface area contributed by atoms with Crippen molar-refractivity contribution in [1.29, 1.82) is 0 Å². The lowest BCUT2D eigenvalue weighted by atomic mass is 10.0. The van der Waals surface area contributed by atoms with Crippen molar-refractivity contribution in [3.05, 3.63) is 65.7 Å². The molecule has 1 atom stereocenters. The number of carboxylic acid groups (broad SMARTS) is 1. The van der Waals surface area contributed by atoms with E-state index in [9.17, 15) is 14.4 Å². The molecule has 0 radical (unpaired) electrons. The van der Waals surface area contributed by atoms with Gasteiger partial charge >= 0.3 is 12.0 Å². The summed E-state index contributed by atoms with van der Waals surface area (Å²) >= 11 is 0. The number of carbonyl (C=O) groups excluding carboxylic acids is 2. The molecule has 1 aliphatic rings. The van der Waals surface area contributed by atoms with Gasteiger partial charge in [-0.25, -0.2) is 4.79 Å². The first-order valence-corrected chi connectivity index (χ1v) is 11.6. The summed E-state index contributed by atoms with van der Waals surface area (Å²) in [5.41, 5.74) is 2.28. The fourth-order valence-corrected chi connectivity index (χ4v) is 4.00. The Morgan fingerprint density at radius 2 is 1.64 bits per heavy atom. The van der Waals surface area contributed by atoms with Gasteiger partial charge in [-0.2, -0.15) is 0 Å². The number of benzene rings is 2. The molecule has 33 heavy (non-hydrogen) atoms. The van der Waals surface area contributed by atoms with Crippen LogP contribution in [-0.4, -0.2) is 40.5 Å². The molecule has 7 nitrogen and oxygen atoms in total. The Balaban J connectivity index is 1.39. The van der Waals surface area contributed by atoms with Gasteiger partial charge in [-0.05, 0) is 48.9 Å². The minimum atomic E-state index is -0.781. The SMILES string of the molecule is O=C(O)CCCCCCC1C(=O)NC(=O)N1CCCc1ccc(OCc2ccccc2)cc1. The lowest BCUT2D eigenvalue weighted by Crippen LogP contribution is -2.36. The summed E-state index contributed by atoms with van der Waals surface area (Å²) < 4.78 is 5.82. The molecule has 7 heteroatoms. The van der Waals surface area contributed by atoms with Gasteiger partial charge in [-0.3, -0.25) is 14.9 Å². The van der Waals surface area contributed by atoms with Crippen LogP contribution in [0.1, 0.15) is 56.1 Å². The lowest BCUT2D eigenvalue weighted by molar-refractivity contribution is -0.137. The highest BCUT2D eigenvalue weighted by Crippen LogP contribution is 2.19. The minimum absolute atomic E-state index is 0.175. The average Bonchev–Trinajstić information content (AvgIpc) is 3.08. The Bertz CT molecular complexity index is 914. The van der Waals surface area contributed by atoms with Crippen molar-refractivity contribution in [1.82, 2.24) is 10.2 Å². The molecule has 0 spiro atoms. The fraction of sp³-hybridized carbons (Fsp3) is 0.423. The van der Waals surface area contributed by atoms with Crippen LogP contribution < -0.4 is 10.1 Å². The fourth-order valence-electron chi connectivity index (χ4n) is 4.00. The number of aryl methyl sites for hydroxylation is 1. The number of aliphatic carboxylic acids is 1. The number of nitrogens with zero attached hydrogens (tertiary/aromatic N) is 1. The summed E-state index contributed by atoms with van der Waals surface area (Å²) in [5, 5.41) is 11.1. The van der Waals surface area contributed by atoms with Crippen LogP contribution in [0.2, 0.25) is 0 Å². The van der Waals surface area contributed by atoms with Crippen molar-refractivity contribution in [3.63, 3.8) is 0 Å². The van der Waals surface area contributed by atoms with E-state index in [1.807, 2.05) is 54.6 Å². The Kier molecular flexibility index (Phi) is 9.30. The Labute approximate surface area is 194 Å². The summed E-state index contributed by atoms with van der Waals surface area (Å²) in [7, 11) is 0. The molecule has 1 fully saturated rings. The molecule has 1 aliphatic heterocycles. The highest BCUT2D eigenvalue weighted by molar-refractivity contribution is 6.04. The molecular formula is C26H32N2O5. The smallest absolute Gasteiger partial charge is 0.324 e. The van der Waals surface area contributed by atoms with Gasteiger partial charge in [0.1, 0.15) is 18.4 Å². The van der Waals surface area contributed by atoms with Crippen LogP contribution >= 0.6 is 0 Å². The highest BCUT2D eigenvalue weighted by Gasteiger charge is 2.37. The molecular weight excluding hydrogens is 420 g/mol. The van der Waals surface area contributed by atoms with E-state index in [2.05, 4.69) is 5.32 Å². The van der Waals surface area contributed by atoms with E-state index in [1.54, 1.807) is 4.90 Å². The first kappa shape index (κ1) is 24.3. The van der Waals surface area contributed by atoms with Crippen LogP contribution in [0.3, 0.4) is 0 Å². The van der Waals surface area contributed by atoms with Crippen LogP contribution in [0.5, 0.6) is 5.75 Å². The third-order valence-electron chi connectivity index (χ3n) is 5.82. The van der Waals surface area contributed by atoms with E-state index in [1.165, 1.54) is 0 Å². The average molecular weight is 453 g/mol. The maximum absolute atomic E-state index is 12.2. The van der Waals surface area contributed by atoms with Gasteiger partial charge in [0.05, 0.1) is 0 Å². The van der Waals surface area contributed by atoms with Crippen molar-refractivity contribution in [3.8, 4) is 5.75 Å². The standard InChI is InChI=1S/C26H32N2O5/c29-24(30)13-7-2-1-6-12-23-25(31)27-26(32)28(23)18-8-11-20-14-16-22(17-15-20)33-19-21-9-4-3-5-10-21/h3-5,9-10,14-17,23H,1-2,6-8,11-13,18-19H2,(H,29,30)(H,27,31,32). The number of unbranched alkanes of at least 4 members (excludes halogenated alkanes) is 3. The predicted octanol–water partition coefficient (Wildman–Crippen LogP) is 4.54. The second-order valence-electron chi connectivity index (χ2n) is 8.37. The maximum atomic E-state index is 12.2. The van der Waals surface area contributed by atoms with Crippen molar-refractivity contribution in [2.45, 2.75) is 64.0 Å². The number of imide groups is 1. The van der Waals surface area contributed by atoms with Gasteiger partial charge in [0, 0.05) is 13.0 Å². The van der Waals surface area contributed by atoms with Gasteiger partial charge in [0.15, 0.2) is 0 Å². The Morgan fingerprint density at radius 1 is 0.909 bits per heavy atom. The molecule has 1 saturated heterocycles. The number of ether oxygens (including phenoxy) is 1. The van der Waals surface area contributed by atoms with Crippen LogP contribution in [0.25, 0.3) is 0 Å². The third-order valence-corrected chi connectivity index (χ3v) is 5.82. The zero-order chi connectivity index (χ0) is 23.5. The van der Waals surface area contributed by atoms with E-state index in [4.69, 9.17) is 9.84 Å². The van der Waals surface area contributed by atoms with E-state index in [-0.39, 0.29) is 18.4 Å². The molecule has 3 amide bonds. The molecule has 2 N–H and O–H groups in total. The van der Waals surface area contributed by atoms with Gasteiger partial charge < -0.3 is 14.7 Å². The molecule has 1 heterocycles. The number of nitrogens with one attached hydrogen (secondary N) is 1. The summed E-state index contributed by atoms with van der Waals surface area (Å²) in [4.78, 5) is 36.6. The molecule has 2 aromatic rings. The monoisotopic (exact) mass is 452 g/mol. The van der Waals surface area contributed by atoms with Crippen LogP contribution in [0.15, 0.2) is 54.6 Å². The van der Waals surface area contributed by atoms with Crippen molar-refractivity contribution >= 4 is 17.9 Å². The summed E-state index contributed by atoms with van der Waals surface area (Å²) in [6.45, 7) is 1.05. The van der Waals surface area contributed by atoms with Gasteiger partial charge in [-0.15, -0.1) is 0 Å². The number of hydrogen-bond acceptors (Lipinski definition) is 4. The van der Waals surface area contributed by atoms with E-state index >= 15 is 0 Å². The van der Waals surface area contributed by atoms with Crippen LogP contribution in [-0.2, 0) is 22.6 Å². The zero-order valence-corrected chi connectivity index (χ0v) is 18.9. The number of carboxylic acids is 1. The first-order chi connectivity index (χ1) is 16.0. The zero-order valence-electron chi connectivity index (χ0n) is 18.9. The molecule has 176 valence electrons. The summed E-state index contributed by atoms with van der Waals surface area (Å²) in [5.74, 6) is -0.197. The molecule has 2 aromatic carbocycles. The van der Waals surface area contributed by atoms with Crippen LogP contribution in [0, 0.1) is 0 Å².